The monoisotopic (exact) mass is 141 g/mol. The number of piperidine rings is 1. The van der Waals surface area contributed by atoms with Crippen molar-refractivity contribution in [2.24, 2.45) is 0 Å². The highest BCUT2D eigenvalue weighted by Crippen LogP contribution is 2.14. The van der Waals surface area contributed by atoms with E-state index in [1.165, 1.54) is 0 Å². The normalized spacial score (nSPS) is 39.8. The number of hydrogen-bond donors (Lipinski definition) is 1. The maximum atomic E-state index is 11.0. The number of rotatable bonds is 0. The number of carbonyl (C=O) groups is 1. The predicted octanol–water partition coefficient (Wildman–Crippen LogP) is -0.294. The molecule has 0 aromatic heterocycles. The lowest BCUT2D eigenvalue weighted by Crippen LogP contribution is -2.54. The molecule has 2 rings (SSSR count). The van der Waals surface area contributed by atoms with Crippen LogP contribution in [0, 0.1) is 0 Å². The van der Waals surface area contributed by atoms with Crippen molar-refractivity contribution in [3.8, 4) is 0 Å². The van der Waals surface area contributed by atoms with Crippen LogP contribution in [0.5, 0.6) is 0 Å². The molecule has 0 aliphatic carbocycles. The van der Waals surface area contributed by atoms with Crippen molar-refractivity contribution >= 4 is 5.78 Å². The van der Waals surface area contributed by atoms with E-state index < -0.39 is 0 Å². The molecule has 0 amide bonds. The maximum absolute atomic E-state index is 11.0. The van der Waals surface area contributed by atoms with Crippen LogP contribution in [0.1, 0.15) is 12.8 Å². The van der Waals surface area contributed by atoms with Crippen molar-refractivity contribution in [3.63, 3.8) is 0 Å². The number of carbonyl (C=O) groups excluding carboxylic acids is 1. The molecule has 2 aliphatic rings. The zero-order valence-electron chi connectivity index (χ0n) is 5.80. The first-order valence-corrected chi connectivity index (χ1v) is 3.70. The Bertz CT molecular complexity index is 144. The lowest BCUT2D eigenvalue weighted by Gasteiger charge is -2.34. The molecule has 0 unspecified atom stereocenters. The molecule has 3 heteroatoms. The molecule has 0 radical (unpaired) electrons. The first-order chi connectivity index (χ1) is 4.84. The van der Waals surface area contributed by atoms with Gasteiger partial charge in [0.25, 0.3) is 0 Å². The highest BCUT2D eigenvalue weighted by Gasteiger charge is 2.29. The Morgan fingerprint density at radius 3 is 2.50 bits per heavy atom. The molecule has 56 valence electrons. The topological polar surface area (TPSA) is 38.3 Å². The van der Waals surface area contributed by atoms with Crippen LogP contribution in [0.15, 0.2) is 0 Å². The number of Topliss-reactive ketones (excluding diaryl/α,β-unsaturated/α-hetero) is 1. The number of hydrogen-bond acceptors (Lipinski definition) is 3. The van der Waals surface area contributed by atoms with Crippen LogP contribution in [0.25, 0.3) is 0 Å². The first kappa shape index (κ1) is 6.31. The van der Waals surface area contributed by atoms with Crippen molar-refractivity contribution in [2.45, 2.75) is 24.9 Å². The highest BCUT2D eigenvalue weighted by molar-refractivity contribution is 5.80. The molecule has 2 saturated heterocycles. The van der Waals surface area contributed by atoms with Gasteiger partial charge in [-0.3, -0.25) is 4.79 Å². The van der Waals surface area contributed by atoms with Gasteiger partial charge in [0.15, 0.2) is 0 Å². The van der Waals surface area contributed by atoms with E-state index in [1.807, 2.05) is 0 Å². The molecule has 2 aliphatic heterocycles. The van der Waals surface area contributed by atoms with E-state index in [0.29, 0.717) is 43.9 Å². The van der Waals surface area contributed by atoms with Gasteiger partial charge in [0.05, 0.1) is 13.2 Å². The summed E-state index contributed by atoms with van der Waals surface area (Å²) < 4.78 is 5.27. The van der Waals surface area contributed by atoms with Gasteiger partial charge in [-0.15, -0.1) is 0 Å². The van der Waals surface area contributed by atoms with Crippen LogP contribution in [-0.4, -0.2) is 31.1 Å². The summed E-state index contributed by atoms with van der Waals surface area (Å²) in [5, 5.41) is 3.34. The molecular weight excluding hydrogens is 130 g/mol. The second-order valence-electron chi connectivity index (χ2n) is 3.04. The summed E-state index contributed by atoms with van der Waals surface area (Å²) >= 11 is 0. The van der Waals surface area contributed by atoms with Crippen molar-refractivity contribution in [3.05, 3.63) is 0 Å². The largest absolute Gasteiger partial charge is 0.378 e. The number of ether oxygens (including phenoxy) is 1. The lowest BCUT2D eigenvalue weighted by molar-refractivity contribution is -0.125. The molecule has 10 heavy (non-hydrogen) atoms. The molecule has 0 saturated carbocycles. The van der Waals surface area contributed by atoms with Gasteiger partial charge in [-0.05, 0) is 0 Å². The zero-order chi connectivity index (χ0) is 6.97. The van der Waals surface area contributed by atoms with Gasteiger partial charge in [-0.2, -0.15) is 0 Å². The second kappa shape index (κ2) is 2.32. The number of morpholine rings is 1. The summed E-state index contributed by atoms with van der Waals surface area (Å²) in [6, 6.07) is 0.611. The van der Waals surface area contributed by atoms with Crippen LogP contribution >= 0.6 is 0 Å². The fourth-order valence-electron chi connectivity index (χ4n) is 1.65. The van der Waals surface area contributed by atoms with E-state index in [4.69, 9.17) is 4.74 Å². The average Bonchev–Trinajstić information content (AvgIpc) is 1.85. The van der Waals surface area contributed by atoms with Gasteiger partial charge in [0.1, 0.15) is 5.78 Å². The second-order valence-corrected chi connectivity index (χ2v) is 3.04. The van der Waals surface area contributed by atoms with E-state index in [-0.39, 0.29) is 0 Å². The molecule has 0 aromatic rings. The number of nitrogens with one attached hydrogen (secondary N) is 1. The minimum atomic E-state index is 0.306. The van der Waals surface area contributed by atoms with Crippen LogP contribution in [0.3, 0.4) is 0 Å². The summed E-state index contributed by atoms with van der Waals surface area (Å²) in [7, 11) is 0. The fraction of sp³-hybridized carbons (Fsp3) is 0.857. The van der Waals surface area contributed by atoms with Crippen molar-refractivity contribution in [2.75, 3.05) is 13.2 Å². The van der Waals surface area contributed by atoms with E-state index in [2.05, 4.69) is 5.32 Å². The molecule has 2 bridgehead atoms. The standard InChI is InChI=1S/C7H11NO2/c9-7-1-5-3-10-4-6(2-7)8-5/h5-6,8H,1-4H2/t5-,6-/m0/s1. The van der Waals surface area contributed by atoms with Crippen molar-refractivity contribution < 1.29 is 9.53 Å². The third kappa shape index (κ3) is 1.07. The molecule has 0 aromatic carbocycles. The first-order valence-electron chi connectivity index (χ1n) is 3.70. The fourth-order valence-corrected chi connectivity index (χ4v) is 1.65. The Hall–Kier alpha value is -0.410. The Morgan fingerprint density at radius 2 is 1.90 bits per heavy atom. The van der Waals surface area contributed by atoms with E-state index in [1.54, 1.807) is 0 Å². The Balaban J connectivity index is 2.05. The summed E-state index contributed by atoms with van der Waals surface area (Å²) in [5.41, 5.74) is 0. The molecule has 2 fully saturated rings. The molecule has 2 heterocycles. The van der Waals surface area contributed by atoms with Gasteiger partial charge in [-0.25, -0.2) is 0 Å². The SMILES string of the molecule is O=C1C[C@H]2COC[C@H](C1)N2. The van der Waals surface area contributed by atoms with Crippen LogP contribution < -0.4 is 5.32 Å². The maximum Gasteiger partial charge on any atom is 0.136 e. The van der Waals surface area contributed by atoms with Crippen LogP contribution in [-0.2, 0) is 9.53 Å². The summed E-state index contributed by atoms with van der Waals surface area (Å²) in [4.78, 5) is 11.0. The number of fused-ring (bicyclic) bond motifs is 2. The van der Waals surface area contributed by atoms with Gasteiger partial charge in [0.2, 0.25) is 0 Å². The van der Waals surface area contributed by atoms with Crippen LogP contribution in [0.4, 0.5) is 0 Å². The molecular formula is C7H11NO2. The smallest absolute Gasteiger partial charge is 0.136 e. The third-order valence-corrected chi connectivity index (χ3v) is 2.06. The quantitative estimate of drug-likeness (QED) is 0.503. The Labute approximate surface area is 59.7 Å². The molecule has 3 nitrogen and oxygen atoms in total. The Morgan fingerprint density at radius 1 is 1.30 bits per heavy atom. The van der Waals surface area contributed by atoms with E-state index >= 15 is 0 Å². The molecule has 2 atom stereocenters. The van der Waals surface area contributed by atoms with E-state index in [9.17, 15) is 4.79 Å². The van der Waals surface area contributed by atoms with Gasteiger partial charge in [-0.1, -0.05) is 0 Å². The lowest BCUT2D eigenvalue weighted by atomic mass is 9.96. The molecule has 0 spiro atoms. The molecule has 1 N–H and O–H groups in total. The number of ketones is 1. The van der Waals surface area contributed by atoms with Crippen molar-refractivity contribution in [1.29, 1.82) is 0 Å². The zero-order valence-corrected chi connectivity index (χ0v) is 5.80. The third-order valence-electron chi connectivity index (χ3n) is 2.06. The van der Waals surface area contributed by atoms with Crippen molar-refractivity contribution in [1.82, 2.24) is 5.32 Å². The van der Waals surface area contributed by atoms with Gasteiger partial charge in [0, 0.05) is 24.9 Å². The summed E-state index contributed by atoms with van der Waals surface area (Å²) in [6.45, 7) is 1.42. The summed E-state index contributed by atoms with van der Waals surface area (Å²) in [6.07, 6.45) is 1.33. The van der Waals surface area contributed by atoms with Gasteiger partial charge >= 0.3 is 0 Å². The predicted molar refractivity (Wildman–Crippen MR) is 35.8 cm³/mol. The Kier molecular flexibility index (Phi) is 1.47. The highest BCUT2D eigenvalue weighted by atomic mass is 16.5. The van der Waals surface area contributed by atoms with E-state index in [0.717, 1.165) is 0 Å². The summed E-state index contributed by atoms with van der Waals surface area (Å²) in [5.74, 6) is 0.386. The minimum absolute atomic E-state index is 0.306. The average molecular weight is 141 g/mol. The van der Waals surface area contributed by atoms with Gasteiger partial charge < -0.3 is 10.1 Å². The minimum Gasteiger partial charge on any atom is -0.378 e. The van der Waals surface area contributed by atoms with Crippen LogP contribution in [0.2, 0.25) is 0 Å².